The maximum absolute atomic E-state index is 3.69. The number of halogens is 1. The van der Waals surface area contributed by atoms with E-state index in [0.29, 0.717) is 6.04 Å². The van der Waals surface area contributed by atoms with Crippen LogP contribution in [-0.4, -0.2) is 6.54 Å². The van der Waals surface area contributed by atoms with Crippen LogP contribution in [0.2, 0.25) is 0 Å². The fraction of sp³-hybridized carbons (Fsp3) is 0.692. The molecule has 2 rings (SSSR count). The summed E-state index contributed by atoms with van der Waals surface area (Å²) in [6.07, 6.45) is 6.85. The van der Waals surface area contributed by atoms with E-state index in [1.54, 1.807) is 0 Å². The third-order valence-corrected chi connectivity index (χ3v) is 5.38. The van der Waals surface area contributed by atoms with Gasteiger partial charge < -0.3 is 5.32 Å². The molecule has 1 heterocycles. The quantitative estimate of drug-likeness (QED) is 0.800. The Labute approximate surface area is 111 Å². The van der Waals surface area contributed by atoms with E-state index in [1.807, 2.05) is 11.3 Å². The van der Waals surface area contributed by atoms with Crippen molar-refractivity contribution in [3.8, 4) is 0 Å². The van der Waals surface area contributed by atoms with Gasteiger partial charge in [0.1, 0.15) is 0 Å². The van der Waals surface area contributed by atoms with Gasteiger partial charge in [0, 0.05) is 15.4 Å². The van der Waals surface area contributed by atoms with Crippen LogP contribution in [0.3, 0.4) is 0 Å². The van der Waals surface area contributed by atoms with Crippen LogP contribution in [0.5, 0.6) is 0 Å². The average molecular weight is 302 g/mol. The minimum Gasteiger partial charge on any atom is -0.309 e. The topological polar surface area (TPSA) is 12.0 Å². The lowest BCUT2D eigenvalue weighted by molar-refractivity contribution is 0.262. The van der Waals surface area contributed by atoms with Gasteiger partial charge in [-0.3, -0.25) is 0 Å². The first-order valence-electron chi connectivity index (χ1n) is 6.27. The summed E-state index contributed by atoms with van der Waals surface area (Å²) in [4.78, 5) is 1.49. The number of nitrogens with one attached hydrogen (secondary N) is 1. The lowest BCUT2D eigenvalue weighted by Gasteiger charge is -2.30. The highest BCUT2D eigenvalue weighted by atomic mass is 79.9. The number of hydrogen-bond donors (Lipinski definition) is 1. The van der Waals surface area contributed by atoms with Gasteiger partial charge in [-0.1, -0.05) is 26.2 Å². The number of hydrogen-bond acceptors (Lipinski definition) is 2. The van der Waals surface area contributed by atoms with E-state index in [2.05, 4.69) is 39.6 Å². The van der Waals surface area contributed by atoms with Gasteiger partial charge in [-0.2, -0.15) is 0 Å². The zero-order valence-electron chi connectivity index (χ0n) is 9.84. The minimum absolute atomic E-state index is 0.569. The molecule has 1 aliphatic carbocycles. The van der Waals surface area contributed by atoms with Gasteiger partial charge in [-0.05, 0) is 52.7 Å². The Morgan fingerprint density at radius 1 is 1.56 bits per heavy atom. The summed E-state index contributed by atoms with van der Waals surface area (Å²) in [5, 5.41) is 5.87. The molecule has 1 N–H and O–H groups in total. The molecule has 16 heavy (non-hydrogen) atoms. The molecule has 0 bridgehead atoms. The van der Waals surface area contributed by atoms with E-state index < -0.39 is 0 Å². The van der Waals surface area contributed by atoms with Crippen LogP contribution in [-0.2, 0) is 0 Å². The van der Waals surface area contributed by atoms with Gasteiger partial charge >= 0.3 is 0 Å². The minimum atomic E-state index is 0.569. The van der Waals surface area contributed by atoms with Gasteiger partial charge in [-0.25, -0.2) is 0 Å². The van der Waals surface area contributed by atoms with Crippen LogP contribution < -0.4 is 5.32 Å². The first-order valence-corrected chi connectivity index (χ1v) is 7.94. The molecule has 0 aromatic carbocycles. The SMILES string of the molecule is CCCNC(CC1CCC1)c1sccc1Br. The molecule has 1 atom stereocenters. The van der Waals surface area contributed by atoms with Crippen molar-refractivity contribution >= 4 is 27.3 Å². The Balaban J connectivity index is 1.98. The van der Waals surface area contributed by atoms with Crippen molar-refractivity contribution in [2.75, 3.05) is 6.54 Å². The van der Waals surface area contributed by atoms with E-state index in [1.165, 1.54) is 41.5 Å². The summed E-state index contributed by atoms with van der Waals surface area (Å²) >= 11 is 5.53. The van der Waals surface area contributed by atoms with Crippen LogP contribution in [0.4, 0.5) is 0 Å². The zero-order chi connectivity index (χ0) is 11.4. The smallest absolute Gasteiger partial charge is 0.0428 e. The van der Waals surface area contributed by atoms with Gasteiger partial charge in [-0.15, -0.1) is 11.3 Å². The molecule has 1 nitrogen and oxygen atoms in total. The molecule has 1 aromatic heterocycles. The molecule has 0 saturated heterocycles. The van der Waals surface area contributed by atoms with Crippen molar-refractivity contribution in [3.05, 3.63) is 20.8 Å². The summed E-state index contributed by atoms with van der Waals surface area (Å²) in [5.41, 5.74) is 0. The first-order chi connectivity index (χ1) is 7.81. The number of rotatable bonds is 6. The van der Waals surface area contributed by atoms with Crippen molar-refractivity contribution in [1.29, 1.82) is 0 Å². The van der Waals surface area contributed by atoms with Crippen LogP contribution in [0.15, 0.2) is 15.9 Å². The second-order valence-electron chi connectivity index (χ2n) is 4.67. The maximum Gasteiger partial charge on any atom is 0.0428 e. The van der Waals surface area contributed by atoms with E-state index in [4.69, 9.17) is 0 Å². The molecule has 0 radical (unpaired) electrons. The lowest BCUT2D eigenvalue weighted by Crippen LogP contribution is -2.26. The second-order valence-corrected chi connectivity index (χ2v) is 6.47. The summed E-state index contributed by atoms with van der Waals surface area (Å²) < 4.78 is 1.28. The van der Waals surface area contributed by atoms with Crippen LogP contribution in [0.1, 0.15) is 49.9 Å². The zero-order valence-corrected chi connectivity index (χ0v) is 12.2. The predicted octanol–water partition coefficient (Wildman–Crippen LogP) is 4.74. The Morgan fingerprint density at radius 3 is 2.88 bits per heavy atom. The monoisotopic (exact) mass is 301 g/mol. The van der Waals surface area contributed by atoms with Gasteiger partial charge in [0.2, 0.25) is 0 Å². The van der Waals surface area contributed by atoms with Gasteiger partial charge in [0.25, 0.3) is 0 Å². The molecule has 1 aliphatic rings. The molecule has 90 valence electrons. The molecule has 0 aliphatic heterocycles. The fourth-order valence-electron chi connectivity index (χ4n) is 2.22. The lowest BCUT2D eigenvalue weighted by atomic mass is 9.80. The molecule has 0 amide bonds. The molecule has 1 fully saturated rings. The van der Waals surface area contributed by atoms with E-state index in [9.17, 15) is 0 Å². The second kappa shape index (κ2) is 6.18. The Kier molecular flexibility index (Phi) is 4.86. The van der Waals surface area contributed by atoms with Crippen molar-refractivity contribution in [2.24, 2.45) is 5.92 Å². The summed E-state index contributed by atoms with van der Waals surface area (Å²) in [6, 6.07) is 2.74. The highest BCUT2D eigenvalue weighted by Gasteiger charge is 2.24. The summed E-state index contributed by atoms with van der Waals surface area (Å²) in [7, 11) is 0. The van der Waals surface area contributed by atoms with Crippen molar-refractivity contribution in [3.63, 3.8) is 0 Å². The van der Waals surface area contributed by atoms with Crippen LogP contribution in [0.25, 0.3) is 0 Å². The first kappa shape index (κ1) is 12.6. The molecular formula is C13H20BrNS. The Morgan fingerprint density at radius 2 is 2.38 bits per heavy atom. The predicted molar refractivity (Wildman–Crippen MR) is 75.0 cm³/mol. The van der Waals surface area contributed by atoms with Crippen molar-refractivity contribution < 1.29 is 0 Å². The Bertz CT molecular complexity index is 319. The highest BCUT2D eigenvalue weighted by Crippen LogP contribution is 2.38. The summed E-state index contributed by atoms with van der Waals surface area (Å²) in [6.45, 7) is 3.36. The molecule has 0 spiro atoms. The molecule has 1 aromatic rings. The van der Waals surface area contributed by atoms with Crippen LogP contribution >= 0.6 is 27.3 Å². The average Bonchev–Trinajstić information content (AvgIpc) is 2.62. The highest BCUT2D eigenvalue weighted by molar-refractivity contribution is 9.10. The van der Waals surface area contributed by atoms with Gasteiger partial charge in [0.05, 0.1) is 0 Å². The third kappa shape index (κ3) is 3.08. The standard InChI is InChI=1S/C13H20BrNS/c1-2-7-15-12(9-10-4-3-5-10)13-11(14)6-8-16-13/h6,8,10,12,15H,2-5,7,9H2,1H3. The van der Waals surface area contributed by atoms with Crippen molar-refractivity contribution in [1.82, 2.24) is 5.32 Å². The van der Waals surface area contributed by atoms with E-state index >= 15 is 0 Å². The maximum atomic E-state index is 3.69. The molecule has 1 unspecified atom stereocenters. The molecule has 1 saturated carbocycles. The summed E-state index contributed by atoms with van der Waals surface area (Å²) in [5.74, 6) is 0.961. The normalized spacial score (nSPS) is 18.4. The van der Waals surface area contributed by atoms with E-state index in [0.717, 1.165) is 12.5 Å². The van der Waals surface area contributed by atoms with Crippen molar-refractivity contribution in [2.45, 2.75) is 45.1 Å². The van der Waals surface area contributed by atoms with E-state index in [-0.39, 0.29) is 0 Å². The number of thiophene rings is 1. The van der Waals surface area contributed by atoms with Gasteiger partial charge in [0.15, 0.2) is 0 Å². The van der Waals surface area contributed by atoms with Crippen LogP contribution in [0, 0.1) is 5.92 Å². The molecule has 3 heteroatoms. The fourth-order valence-corrected chi connectivity index (χ4v) is 3.96. The largest absolute Gasteiger partial charge is 0.309 e. The molecular weight excluding hydrogens is 282 g/mol. The Hall–Kier alpha value is 0.140. The third-order valence-electron chi connectivity index (χ3n) is 3.40.